The van der Waals surface area contributed by atoms with Crippen LogP contribution in [0.2, 0.25) is 0 Å². The highest BCUT2D eigenvalue weighted by atomic mass is 19.2. The highest BCUT2D eigenvalue weighted by molar-refractivity contribution is 5.90. The second-order valence-electron chi connectivity index (χ2n) is 4.51. The summed E-state index contributed by atoms with van der Waals surface area (Å²) in [5.41, 5.74) is 5.11. The molecule has 3 N–H and O–H groups in total. The molecule has 0 aromatic heterocycles. The van der Waals surface area contributed by atoms with E-state index in [9.17, 15) is 13.6 Å². The number of nitrogens with one attached hydrogen (secondary N) is 1. The fraction of sp³-hybridized carbons (Fsp3) is 0.462. The Kier molecular flexibility index (Phi) is 5.23. The van der Waals surface area contributed by atoms with Gasteiger partial charge in [0.15, 0.2) is 11.6 Å². The van der Waals surface area contributed by atoms with Crippen LogP contribution in [0, 0.1) is 17.6 Å². The topological polar surface area (TPSA) is 64.3 Å². The second-order valence-corrected chi connectivity index (χ2v) is 4.51. The van der Waals surface area contributed by atoms with Crippen molar-refractivity contribution in [3.05, 3.63) is 29.3 Å². The molecule has 0 heterocycles. The molecule has 0 bridgehead atoms. The zero-order valence-corrected chi connectivity index (χ0v) is 11.2. The van der Waals surface area contributed by atoms with Gasteiger partial charge in [0, 0.05) is 12.6 Å². The molecule has 106 valence electrons. The van der Waals surface area contributed by atoms with E-state index in [2.05, 4.69) is 10.1 Å². The molecular formula is C13H18F2N2O2. The van der Waals surface area contributed by atoms with E-state index in [4.69, 9.17) is 5.73 Å². The van der Waals surface area contributed by atoms with Crippen LogP contribution in [0.1, 0.15) is 24.2 Å². The molecule has 0 fully saturated rings. The molecule has 1 rings (SSSR count). The first-order valence-electron chi connectivity index (χ1n) is 5.95. The number of hydrogen-bond donors (Lipinski definition) is 2. The number of esters is 1. The van der Waals surface area contributed by atoms with Crippen LogP contribution < -0.4 is 11.1 Å². The number of benzene rings is 1. The highest BCUT2D eigenvalue weighted by Gasteiger charge is 2.21. The number of ether oxygens (including phenoxy) is 1. The quantitative estimate of drug-likeness (QED) is 0.806. The molecule has 1 aromatic carbocycles. The van der Waals surface area contributed by atoms with Gasteiger partial charge in [-0.25, -0.2) is 13.6 Å². The minimum Gasteiger partial charge on any atom is -0.465 e. The number of anilines is 1. The van der Waals surface area contributed by atoms with Crippen LogP contribution in [-0.4, -0.2) is 25.7 Å². The van der Waals surface area contributed by atoms with Gasteiger partial charge in [0.1, 0.15) is 0 Å². The first-order chi connectivity index (χ1) is 8.92. The Labute approximate surface area is 110 Å². The molecule has 4 nitrogen and oxygen atoms in total. The summed E-state index contributed by atoms with van der Waals surface area (Å²) in [6.45, 7) is 4.13. The third kappa shape index (κ3) is 3.41. The monoisotopic (exact) mass is 272 g/mol. The van der Waals surface area contributed by atoms with Crippen LogP contribution in [0.25, 0.3) is 0 Å². The van der Waals surface area contributed by atoms with Crippen molar-refractivity contribution in [2.45, 2.75) is 19.9 Å². The summed E-state index contributed by atoms with van der Waals surface area (Å²) in [6.07, 6.45) is 0. The lowest BCUT2D eigenvalue weighted by molar-refractivity contribution is 0.0594. The molecule has 0 saturated carbocycles. The van der Waals surface area contributed by atoms with Crippen LogP contribution in [0.15, 0.2) is 12.1 Å². The number of methoxy groups -OCH3 is 1. The van der Waals surface area contributed by atoms with Crippen molar-refractivity contribution in [3.8, 4) is 0 Å². The first-order valence-corrected chi connectivity index (χ1v) is 5.95. The van der Waals surface area contributed by atoms with Crippen molar-refractivity contribution in [3.63, 3.8) is 0 Å². The minimum atomic E-state index is -1.23. The summed E-state index contributed by atoms with van der Waals surface area (Å²) < 4.78 is 31.9. The average molecular weight is 272 g/mol. The van der Waals surface area contributed by atoms with Gasteiger partial charge in [-0.15, -0.1) is 0 Å². The van der Waals surface area contributed by atoms with Gasteiger partial charge in [-0.2, -0.15) is 0 Å². The normalized spacial score (nSPS) is 12.4. The van der Waals surface area contributed by atoms with Crippen LogP contribution in [0.3, 0.4) is 0 Å². The Balaban J connectivity index is 3.06. The van der Waals surface area contributed by atoms with Crippen molar-refractivity contribution in [2.75, 3.05) is 19.0 Å². The predicted octanol–water partition coefficient (Wildman–Crippen LogP) is 2.15. The molecule has 0 spiro atoms. The summed E-state index contributed by atoms with van der Waals surface area (Å²) >= 11 is 0. The molecule has 0 amide bonds. The molecular weight excluding hydrogens is 254 g/mol. The SMILES string of the molecule is COC(=O)c1ccc(NC(CN)C(C)C)c(F)c1F. The van der Waals surface area contributed by atoms with Crippen LogP contribution in [-0.2, 0) is 4.74 Å². The lowest BCUT2D eigenvalue weighted by atomic mass is 10.0. The van der Waals surface area contributed by atoms with Gasteiger partial charge in [0.2, 0.25) is 0 Å². The molecule has 0 aliphatic heterocycles. The van der Waals surface area contributed by atoms with E-state index < -0.39 is 23.2 Å². The average Bonchev–Trinajstić information content (AvgIpc) is 2.39. The van der Waals surface area contributed by atoms with E-state index in [0.29, 0.717) is 0 Å². The van der Waals surface area contributed by atoms with Crippen molar-refractivity contribution >= 4 is 11.7 Å². The third-order valence-electron chi connectivity index (χ3n) is 2.89. The van der Waals surface area contributed by atoms with Gasteiger partial charge in [0.05, 0.1) is 18.4 Å². The smallest absolute Gasteiger partial charge is 0.340 e. The Morgan fingerprint density at radius 3 is 2.47 bits per heavy atom. The van der Waals surface area contributed by atoms with Crippen LogP contribution >= 0.6 is 0 Å². The molecule has 6 heteroatoms. The summed E-state index contributed by atoms with van der Waals surface area (Å²) in [4.78, 5) is 11.2. The summed E-state index contributed by atoms with van der Waals surface area (Å²) in [7, 11) is 1.11. The molecule has 0 radical (unpaired) electrons. The fourth-order valence-electron chi connectivity index (χ4n) is 1.63. The lowest BCUT2D eigenvalue weighted by Gasteiger charge is -2.22. The van der Waals surface area contributed by atoms with Gasteiger partial charge in [0.25, 0.3) is 0 Å². The first kappa shape index (κ1) is 15.4. The highest BCUT2D eigenvalue weighted by Crippen LogP contribution is 2.22. The molecule has 0 saturated heterocycles. The molecule has 1 unspecified atom stereocenters. The maximum Gasteiger partial charge on any atom is 0.340 e. The minimum absolute atomic E-state index is 0.0192. The number of hydrogen-bond acceptors (Lipinski definition) is 4. The Morgan fingerprint density at radius 1 is 1.37 bits per heavy atom. The van der Waals surface area contributed by atoms with Gasteiger partial charge in [-0.3, -0.25) is 0 Å². The van der Waals surface area contributed by atoms with E-state index in [1.165, 1.54) is 12.1 Å². The molecule has 1 atom stereocenters. The molecule has 0 aliphatic rings. The third-order valence-corrected chi connectivity index (χ3v) is 2.89. The van der Waals surface area contributed by atoms with E-state index in [1.54, 1.807) is 0 Å². The Bertz CT molecular complexity index is 464. The lowest BCUT2D eigenvalue weighted by Crippen LogP contribution is -2.34. The van der Waals surface area contributed by atoms with Crippen molar-refractivity contribution < 1.29 is 18.3 Å². The van der Waals surface area contributed by atoms with Gasteiger partial charge in [-0.1, -0.05) is 13.8 Å². The van der Waals surface area contributed by atoms with Gasteiger partial charge >= 0.3 is 5.97 Å². The van der Waals surface area contributed by atoms with Crippen LogP contribution in [0.4, 0.5) is 14.5 Å². The zero-order valence-electron chi connectivity index (χ0n) is 11.2. The fourth-order valence-corrected chi connectivity index (χ4v) is 1.63. The maximum absolute atomic E-state index is 13.8. The standard InChI is InChI=1S/C13H18F2N2O2/c1-7(2)10(6-16)17-9-5-4-8(13(18)19-3)11(14)12(9)15/h4-5,7,10,17H,6,16H2,1-3H3. The van der Waals surface area contributed by atoms with Crippen molar-refractivity contribution in [2.24, 2.45) is 11.7 Å². The Hall–Kier alpha value is -1.69. The van der Waals surface area contributed by atoms with E-state index in [-0.39, 0.29) is 24.2 Å². The summed E-state index contributed by atoms with van der Waals surface area (Å²) in [5, 5.41) is 2.83. The maximum atomic E-state index is 13.8. The number of carbonyl (C=O) groups excluding carboxylic acids is 1. The molecule has 19 heavy (non-hydrogen) atoms. The van der Waals surface area contributed by atoms with Gasteiger partial charge < -0.3 is 15.8 Å². The van der Waals surface area contributed by atoms with E-state index in [1.807, 2.05) is 13.8 Å². The summed E-state index contributed by atoms with van der Waals surface area (Å²) in [6, 6.07) is 2.30. The number of nitrogens with two attached hydrogens (primary N) is 1. The van der Waals surface area contributed by atoms with E-state index in [0.717, 1.165) is 7.11 Å². The number of rotatable bonds is 5. The van der Waals surface area contributed by atoms with E-state index >= 15 is 0 Å². The van der Waals surface area contributed by atoms with Crippen LogP contribution in [0.5, 0.6) is 0 Å². The number of carbonyl (C=O) groups is 1. The van der Waals surface area contributed by atoms with Gasteiger partial charge in [-0.05, 0) is 18.1 Å². The summed E-state index contributed by atoms with van der Waals surface area (Å²) in [5.74, 6) is -3.09. The molecule has 1 aromatic rings. The second kappa shape index (κ2) is 6.47. The predicted molar refractivity (Wildman–Crippen MR) is 69.0 cm³/mol. The zero-order chi connectivity index (χ0) is 14.6. The largest absolute Gasteiger partial charge is 0.465 e. The Morgan fingerprint density at radius 2 is 2.00 bits per heavy atom. The molecule has 0 aliphatic carbocycles. The number of halogens is 2. The van der Waals surface area contributed by atoms with Crippen molar-refractivity contribution in [1.29, 1.82) is 0 Å². The van der Waals surface area contributed by atoms with Crippen molar-refractivity contribution in [1.82, 2.24) is 0 Å².